The third-order valence-corrected chi connectivity index (χ3v) is 2.94. The van der Waals surface area contributed by atoms with Gasteiger partial charge in [-0.25, -0.2) is 9.48 Å². The number of benzene rings is 1. The number of aromatic carboxylic acids is 1. The summed E-state index contributed by atoms with van der Waals surface area (Å²) in [6.45, 7) is 0. The van der Waals surface area contributed by atoms with Crippen LogP contribution < -0.4 is 5.43 Å². The molecule has 110 valence electrons. The molecule has 0 radical (unpaired) electrons. The Morgan fingerprint density at radius 1 is 1.29 bits per heavy atom. The smallest absolute Gasteiger partial charge is 0.416 e. The quantitative estimate of drug-likeness (QED) is 0.891. The van der Waals surface area contributed by atoms with Gasteiger partial charge in [0.2, 0.25) is 11.1 Å². The molecule has 0 aliphatic carbocycles. The number of alkyl halides is 3. The first-order chi connectivity index (χ1) is 9.68. The molecule has 0 aliphatic rings. The number of hydrogen-bond acceptors (Lipinski definition) is 3. The molecule has 0 aliphatic heterocycles. The van der Waals surface area contributed by atoms with E-state index in [-0.39, 0.29) is 10.2 Å². The van der Waals surface area contributed by atoms with Crippen LogP contribution in [-0.2, 0) is 6.18 Å². The van der Waals surface area contributed by atoms with Gasteiger partial charge in [0.05, 0.1) is 11.3 Å². The lowest BCUT2D eigenvalue weighted by Gasteiger charge is -2.11. The van der Waals surface area contributed by atoms with Gasteiger partial charge >= 0.3 is 12.1 Å². The van der Waals surface area contributed by atoms with E-state index < -0.39 is 28.8 Å². The van der Waals surface area contributed by atoms with Crippen molar-refractivity contribution in [3.05, 3.63) is 56.4 Å². The summed E-state index contributed by atoms with van der Waals surface area (Å²) in [5, 5.41) is 12.3. The maximum Gasteiger partial charge on any atom is 0.416 e. The number of carbonyl (C=O) groups is 1. The van der Waals surface area contributed by atoms with Crippen molar-refractivity contribution in [3.63, 3.8) is 0 Å². The number of halogens is 4. The summed E-state index contributed by atoms with van der Waals surface area (Å²) >= 11 is 2.95. The molecule has 0 spiro atoms. The van der Waals surface area contributed by atoms with Gasteiger partial charge in [-0.1, -0.05) is 15.9 Å². The van der Waals surface area contributed by atoms with Crippen LogP contribution in [0.3, 0.4) is 0 Å². The van der Waals surface area contributed by atoms with Crippen molar-refractivity contribution in [2.45, 2.75) is 6.18 Å². The maximum atomic E-state index is 12.7. The van der Waals surface area contributed by atoms with Crippen molar-refractivity contribution < 1.29 is 23.1 Å². The molecule has 0 saturated heterocycles. The first kappa shape index (κ1) is 15.2. The maximum absolute atomic E-state index is 12.7. The lowest BCUT2D eigenvalue weighted by atomic mass is 10.2. The van der Waals surface area contributed by atoms with Gasteiger partial charge in [-0.15, -0.1) is 0 Å². The standard InChI is InChI=1S/C12H6BrF3N2O3/c13-7-3-6(12(14,15)16)4-8(5-7)18-2-1-9(19)10(17-18)11(20)21/h1-5H,(H,20,21). The molecular formula is C12H6BrF3N2O3. The van der Waals surface area contributed by atoms with E-state index in [2.05, 4.69) is 21.0 Å². The van der Waals surface area contributed by atoms with Crippen LogP contribution in [-0.4, -0.2) is 20.9 Å². The van der Waals surface area contributed by atoms with Gasteiger partial charge < -0.3 is 5.11 Å². The molecule has 1 aromatic carbocycles. The molecule has 2 aromatic rings. The second-order valence-electron chi connectivity index (χ2n) is 3.97. The summed E-state index contributed by atoms with van der Waals surface area (Å²) in [6, 6.07) is 3.92. The van der Waals surface area contributed by atoms with Crippen LogP contribution in [0.25, 0.3) is 5.69 Å². The fourth-order valence-corrected chi connectivity index (χ4v) is 2.05. The Hall–Kier alpha value is -2.16. The van der Waals surface area contributed by atoms with Crippen LogP contribution in [0.4, 0.5) is 13.2 Å². The van der Waals surface area contributed by atoms with Crippen LogP contribution >= 0.6 is 15.9 Å². The number of hydrogen-bond donors (Lipinski definition) is 1. The molecule has 0 saturated carbocycles. The van der Waals surface area contributed by atoms with Gasteiger partial charge in [0, 0.05) is 16.7 Å². The second kappa shape index (κ2) is 5.32. The highest BCUT2D eigenvalue weighted by Crippen LogP contribution is 2.32. The molecule has 21 heavy (non-hydrogen) atoms. The van der Waals surface area contributed by atoms with Crippen molar-refractivity contribution in [1.29, 1.82) is 0 Å². The molecule has 1 N–H and O–H groups in total. The first-order valence-electron chi connectivity index (χ1n) is 5.40. The predicted octanol–water partition coefficient (Wildman–Crippen LogP) is 2.71. The van der Waals surface area contributed by atoms with Crippen LogP contribution in [0.5, 0.6) is 0 Å². The zero-order chi connectivity index (χ0) is 15.8. The third kappa shape index (κ3) is 3.30. The Morgan fingerprint density at radius 2 is 1.95 bits per heavy atom. The SMILES string of the molecule is O=C(O)c1nn(-c2cc(Br)cc(C(F)(F)F)c2)ccc1=O. The number of rotatable bonds is 2. The summed E-state index contributed by atoms with van der Waals surface area (Å²) in [6.07, 6.45) is -3.47. The molecule has 0 bridgehead atoms. The van der Waals surface area contributed by atoms with Crippen molar-refractivity contribution in [3.8, 4) is 5.69 Å². The number of nitrogens with zero attached hydrogens (tertiary/aromatic N) is 2. The molecule has 2 rings (SSSR count). The predicted molar refractivity (Wildman–Crippen MR) is 69.5 cm³/mol. The molecule has 1 aromatic heterocycles. The summed E-state index contributed by atoms with van der Waals surface area (Å²) < 4.78 is 39.3. The molecule has 5 nitrogen and oxygen atoms in total. The topological polar surface area (TPSA) is 72.2 Å². The molecule has 0 fully saturated rings. The van der Waals surface area contributed by atoms with E-state index in [0.717, 1.165) is 29.1 Å². The van der Waals surface area contributed by atoms with Gasteiger partial charge in [0.25, 0.3) is 0 Å². The Morgan fingerprint density at radius 3 is 2.52 bits per heavy atom. The Bertz CT molecular complexity index is 771. The monoisotopic (exact) mass is 362 g/mol. The van der Waals surface area contributed by atoms with Crippen molar-refractivity contribution in [2.24, 2.45) is 0 Å². The first-order valence-corrected chi connectivity index (χ1v) is 6.19. The molecule has 0 unspecified atom stereocenters. The van der Waals surface area contributed by atoms with Gasteiger partial charge in [0.1, 0.15) is 0 Å². The lowest BCUT2D eigenvalue weighted by molar-refractivity contribution is -0.137. The minimum atomic E-state index is -4.56. The van der Waals surface area contributed by atoms with Gasteiger partial charge in [-0.2, -0.15) is 18.3 Å². The van der Waals surface area contributed by atoms with Crippen molar-refractivity contribution >= 4 is 21.9 Å². The Kier molecular flexibility index (Phi) is 3.86. The second-order valence-corrected chi connectivity index (χ2v) is 4.89. The van der Waals surface area contributed by atoms with E-state index in [1.807, 2.05) is 0 Å². The van der Waals surface area contributed by atoms with Gasteiger partial charge in [-0.3, -0.25) is 4.79 Å². The largest absolute Gasteiger partial charge is 0.476 e. The summed E-state index contributed by atoms with van der Waals surface area (Å²) in [5.74, 6) is -1.56. The van der Waals surface area contributed by atoms with Gasteiger partial charge in [-0.05, 0) is 18.2 Å². The van der Waals surface area contributed by atoms with Crippen LogP contribution in [0.15, 0.2) is 39.7 Å². The van der Waals surface area contributed by atoms with E-state index in [9.17, 15) is 22.8 Å². The number of carboxylic acids is 1. The van der Waals surface area contributed by atoms with E-state index in [0.29, 0.717) is 0 Å². The van der Waals surface area contributed by atoms with Gasteiger partial charge in [0.15, 0.2) is 0 Å². The summed E-state index contributed by atoms with van der Waals surface area (Å²) in [7, 11) is 0. The fraction of sp³-hybridized carbons (Fsp3) is 0.0833. The van der Waals surface area contributed by atoms with Crippen molar-refractivity contribution in [1.82, 2.24) is 9.78 Å². The zero-order valence-electron chi connectivity index (χ0n) is 10.1. The van der Waals surface area contributed by atoms with E-state index in [1.165, 1.54) is 6.07 Å². The van der Waals surface area contributed by atoms with Crippen LogP contribution in [0.2, 0.25) is 0 Å². The van der Waals surface area contributed by atoms with Crippen LogP contribution in [0.1, 0.15) is 16.1 Å². The number of carboxylic acid groups (broad SMARTS) is 1. The number of aromatic nitrogens is 2. The highest BCUT2D eigenvalue weighted by molar-refractivity contribution is 9.10. The highest BCUT2D eigenvalue weighted by Gasteiger charge is 2.31. The molecule has 1 heterocycles. The molecular weight excluding hydrogens is 357 g/mol. The fourth-order valence-electron chi connectivity index (χ4n) is 1.57. The molecule has 0 amide bonds. The normalized spacial score (nSPS) is 11.4. The van der Waals surface area contributed by atoms with E-state index >= 15 is 0 Å². The van der Waals surface area contributed by atoms with Crippen LogP contribution in [0, 0.1) is 0 Å². The minimum absolute atomic E-state index is 0.0285. The van der Waals surface area contributed by atoms with E-state index in [4.69, 9.17) is 5.11 Å². The van der Waals surface area contributed by atoms with E-state index in [1.54, 1.807) is 0 Å². The average Bonchev–Trinajstić information content (AvgIpc) is 2.37. The zero-order valence-corrected chi connectivity index (χ0v) is 11.6. The lowest BCUT2D eigenvalue weighted by Crippen LogP contribution is -2.20. The minimum Gasteiger partial charge on any atom is -0.476 e. The summed E-state index contributed by atoms with van der Waals surface area (Å²) in [5.41, 5.74) is -2.56. The third-order valence-electron chi connectivity index (χ3n) is 2.49. The Labute approximate surface area is 123 Å². The molecule has 0 atom stereocenters. The highest BCUT2D eigenvalue weighted by atomic mass is 79.9. The Balaban J connectivity index is 2.62. The average molecular weight is 363 g/mol. The summed E-state index contributed by atoms with van der Waals surface area (Å²) in [4.78, 5) is 22.1. The van der Waals surface area contributed by atoms with Crippen molar-refractivity contribution in [2.75, 3.05) is 0 Å². The molecule has 9 heteroatoms.